The standard InChI is InChI=1S/C19H26N4S/c1-4-17-14(2)24-18(22-17)9-11-21-19(20-3)23-12-10-15-7-5-6-8-16(15)13-23/h5-8H,4,9-13H2,1-3H3,(H,20,21). The average Bonchev–Trinajstić information content (AvgIpc) is 2.98. The van der Waals surface area contributed by atoms with Gasteiger partial charge < -0.3 is 10.2 Å². The molecule has 0 spiro atoms. The van der Waals surface area contributed by atoms with Gasteiger partial charge >= 0.3 is 0 Å². The number of rotatable bonds is 4. The second-order valence-corrected chi connectivity index (χ2v) is 7.42. The lowest BCUT2D eigenvalue weighted by Gasteiger charge is -2.31. The number of thiazole rings is 1. The quantitative estimate of drug-likeness (QED) is 0.685. The normalized spacial score (nSPS) is 14.6. The van der Waals surface area contributed by atoms with Crippen molar-refractivity contribution in [3.63, 3.8) is 0 Å². The van der Waals surface area contributed by atoms with Crippen LogP contribution in [0.3, 0.4) is 0 Å². The van der Waals surface area contributed by atoms with Gasteiger partial charge in [-0.2, -0.15) is 0 Å². The Morgan fingerprint density at radius 3 is 2.83 bits per heavy atom. The molecule has 0 radical (unpaired) electrons. The molecule has 5 heteroatoms. The van der Waals surface area contributed by atoms with Crippen LogP contribution in [0.25, 0.3) is 0 Å². The topological polar surface area (TPSA) is 40.5 Å². The number of aryl methyl sites for hydroxylation is 2. The van der Waals surface area contributed by atoms with Gasteiger partial charge in [-0.1, -0.05) is 31.2 Å². The van der Waals surface area contributed by atoms with Crippen molar-refractivity contribution in [2.75, 3.05) is 20.1 Å². The maximum absolute atomic E-state index is 4.72. The lowest BCUT2D eigenvalue weighted by atomic mass is 10.0. The van der Waals surface area contributed by atoms with E-state index in [9.17, 15) is 0 Å². The Bertz CT molecular complexity index is 720. The molecule has 4 nitrogen and oxygen atoms in total. The van der Waals surface area contributed by atoms with E-state index in [2.05, 4.69) is 53.3 Å². The SMILES string of the molecule is CCc1nc(CCNC(=NC)N2CCc3ccccc3C2)sc1C. The molecule has 0 fully saturated rings. The minimum Gasteiger partial charge on any atom is -0.356 e. The van der Waals surface area contributed by atoms with E-state index in [1.54, 1.807) is 0 Å². The third kappa shape index (κ3) is 3.78. The molecule has 0 saturated heterocycles. The van der Waals surface area contributed by atoms with Gasteiger partial charge in [-0.05, 0) is 30.9 Å². The van der Waals surface area contributed by atoms with Crippen molar-refractivity contribution in [3.05, 3.63) is 51.0 Å². The molecule has 1 aromatic heterocycles. The third-order valence-corrected chi connectivity index (χ3v) is 5.61. The predicted molar refractivity (Wildman–Crippen MR) is 102 cm³/mol. The number of nitrogens with zero attached hydrogens (tertiary/aromatic N) is 3. The fourth-order valence-corrected chi connectivity index (χ4v) is 4.23. The van der Waals surface area contributed by atoms with E-state index < -0.39 is 0 Å². The highest BCUT2D eigenvalue weighted by Gasteiger charge is 2.18. The largest absolute Gasteiger partial charge is 0.356 e. The summed E-state index contributed by atoms with van der Waals surface area (Å²) < 4.78 is 0. The van der Waals surface area contributed by atoms with Crippen LogP contribution in [0.4, 0.5) is 0 Å². The van der Waals surface area contributed by atoms with Crippen LogP contribution in [-0.2, 0) is 25.8 Å². The van der Waals surface area contributed by atoms with Crippen LogP contribution in [-0.4, -0.2) is 36.0 Å². The second-order valence-electron chi connectivity index (χ2n) is 6.13. The fraction of sp³-hybridized carbons (Fsp3) is 0.474. The molecular weight excluding hydrogens is 316 g/mol. The van der Waals surface area contributed by atoms with Crippen LogP contribution in [0.2, 0.25) is 0 Å². The number of benzene rings is 1. The highest BCUT2D eigenvalue weighted by molar-refractivity contribution is 7.11. The van der Waals surface area contributed by atoms with Crippen LogP contribution >= 0.6 is 11.3 Å². The number of nitrogens with one attached hydrogen (secondary N) is 1. The molecule has 1 aromatic carbocycles. The molecule has 1 aliphatic rings. The summed E-state index contributed by atoms with van der Waals surface area (Å²) in [6.45, 7) is 7.16. The highest BCUT2D eigenvalue weighted by Crippen LogP contribution is 2.19. The van der Waals surface area contributed by atoms with Crippen molar-refractivity contribution in [3.8, 4) is 0 Å². The van der Waals surface area contributed by atoms with Gasteiger partial charge in [0.1, 0.15) is 0 Å². The summed E-state index contributed by atoms with van der Waals surface area (Å²) >= 11 is 1.82. The summed E-state index contributed by atoms with van der Waals surface area (Å²) in [5, 5.41) is 4.73. The van der Waals surface area contributed by atoms with Crippen molar-refractivity contribution in [1.82, 2.24) is 15.2 Å². The van der Waals surface area contributed by atoms with Crippen molar-refractivity contribution in [2.24, 2.45) is 4.99 Å². The molecule has 2 heterocycles. The zero-order valence-electron chi connectivity index (χ0n) is 14.8. The Labute approximate surface area is 148 Å². The molecule has 2 aromatic rings. The van der Waals surface area contributed by atoms with Crippen LogP contribution < -0.4 is 5.32 Å². The molecule has 1 N–H and O–H groups in total. The number of fused-ring (bicyclic) bond motifs is 1. The first-order valence-electron chi connectivity index (χ1n) is 8.68. The van der Waals surface area contributed by atoms with Gasteiger partial charge in [0.05, 0.1) is 10.7 Å². The monoisotopic (exact) mass is 342 g/mol. The van der Waals surface area contributed by atoms with Gasteiger partial charge in [0.2, 0.25) is 0 Å². The smallest absolute Gasteiger partial charge is 0.193 e. The first-order valence-corrected chi connectivity index (χ1v) is 9.50. The molecule has 3 rings (SSSR count). The van der Waals surface area contributed by atoms with Crippen LogP contribution in [0.5, 0.6) is 0 Å². The summed E-state index contributed by atoms with van der Waals surface area (Å²) in [4.78, 5) is 12.9. The summed E-state index contributed by atoms with van der Waals surface area (Å²) in [6.07, 6.45) is 3.06. The van der Waals surface area contributed by atoms with E-state index in [0.717, 1.165) is 44.9 Å². The average molecular weight is 343 g/mol. The Morgan fingerprint density at radius 1 is 1.33 bits per heavy atom. The summed E-state index contributed by atoms with van der Waals surface area (Å²) in [5.41, 5.74) is 4.12. The van der Waals surface area contributed by atoms with Gasteiger partial charge in [-0.15, -0.1) is 11.3 Å². The van der Waals surface area contributed by atoms with Crippen LogP contribution in [0.1, 0.15) is 33.6 Å². The van der Waals surface area contributed by atoms with E-state index in [1.807, 2.05) is 18.4 Å². The van der Waals surface area contributed by atoms with Gasteiger partial charge in [0.15, 0.2) is 5.96 Å². The van der Waals surface area contributed by atoms with Crippen LogP contribution in [0, 0.1) is 6.92 Å². The number of hydrogen-bond donors (Lipinski definition) is 1. The minimum absolute atomic E-state index is 0.876. The van der Waals surface area contributed by atoms with E-state index >= 15 is 0 Å². The minimum atomic E-state index is 0.876. The Kier molecular flexibility index (Phi) is 5.51. The number of guanidine groups is 1. The van der Waals surface area contributed by atoms with E-state index in [-0.39, 0.29) is 0 Å². The Morgan fingerprint density at radius 2 is 2.12 bits per heavy atom. The summed E-state index contributed by atoms with van der Waals surface area (Å²) in [5.74, 6) is 0.994. The van der Waals surface area contributed by atoms with Crippen molar-refractivity contribution in [1.29, 1.82) is 0 Å². The Balaban J connectivity index is 1.56. The van der Waals surface area contributed by atoms with E-state index in [1.165, 1.54) is 26.7 Å². The molecule has 0 aliphatic carbocycles. The molecule has 0 unspecified atom stereocenters. The maximum atomic E-state index is 4.72. The van der Waals surface area contributed by atoms with Crippen molar-refractivity contribution < 1.29 is 0 Å². The van der Waals surface area contributed by atoms with Gasteiger partial charge in [0.25, 0.3) is 0 Å². The first kappa shape index (κ1) is 17.0. The van der Waals surface area contributed by atoms with Gasteiger partial charge in [-0.25, -0.2) is 4.98 Å². The van der Waals surface area contributed by atoms with Gasteiger partial charge in [-0.3, -0.25) is 4.99 Å². The summed E-state index contributed by atoms with van der Waals surface area (Å²) in [6, 6.07) is 8.70. The molecule has 0 atom stereocenters. The molecule has 0 saturated carbocycles. The summed E-state index contributed by atoms with van der Waals surface area (Å²) in [7, 11) is 1.87. The lowest BCUT2D eigenvalue weighted by molar-refractivity contribution is 0.379. The molecule has 128 valence electrons. The molecule has 0 bridgehead atoms. The lowest BCUT2D eigenvalue weighted by Crippen LogP contribution is -2.44. The molecule has 1 aliphatic heterocycles. The first-order chi connectivity index (χ1) is 11.7. The molecule has 24 heavy (non-hydrogen) atoms. The molecular formula is C19H26N4S. The fourth-order valence-electron chi connectivity index (χ4n) is 3.21. The van der Waals surface area contributed by atoms with Crippen LogP contribution in [0.15, 0.2) is 29.3 Å². The number of aromatic nitrogens is 1. The van der Waals surface area contributed by atoms with Gasteiger partial charge in [0, 0.05) is 38.0 Å². The van der Waals surface area contributed by atoms with Crippen molar-refractivity contribution in [2.45, 2.75) is 39.7 Å². The number of hydrogen-bond acceptors (Lipinski definition) is 3. The van der Waals surface area contributed by atoms with E-state index in [4.69, 9.17) is 4.98 Å². The maximum Gasteiger partial charge on any atom is 0.193 e. The Hall–Kier alpha value is -1.88. The van der Waals surface area contributed by atoms with E-state index in [0.29, 0.717) is 0 Å². The number of aliphatic imine (C=N–C) groups is 1. The zero-order chi connectivity index (χ0) is 16.9. The predicted octanol–water partition coefficient (Wildman–Crippen LogP) is 3.19. The molecule has 0 amide bonds. The van der Waals surface area contributed by atoms with Crippen molar-refractivity contribution >= 4 is 17.3 Å². The highest BCUT2D eigenvalue weighted by atomic mass is 32.1. The third-order valence-electron chi connectivity index (χ3n) is 4.54. The zero-order valence-corrected chi connectivity index (χ0v) is 15.6. The second kappa shape index (κ2) is 7.79.